The van der Waals surface area contributed by atoms with Crippen molar-refractivity contribution >= 4 is 33.0 Å². The molecule has 24 heavy (non-hydrogen) atoms. The number of thiophene rings is 1. The van der Waals surface area contributed by atoms with Crippen LogP contribution in [0.25, 0.3) is 10.1 Å². The molecule has 7 heteroatoms. The molecule has 1 amide bonds. The van der Waals surface area contributed by atoms with Crippen LogP contribution in [0.5, 0.6) is 0 Å². The van der Waals surface area contributed by atoms with Gasteiger partial charge in [0, 0.05) is 28.8 Å². The Labute approximate surface area is 143 Å². The Morgan fingerprint density at radius 3 is 2.96 bits per heavy atom. The molecule has 2 fully saturated rings. The Balaban J connectivity index is 1.63. The summed E-state index contributed by atoms with van der Waals surface area (Å²) in [5, 5.41) is 11.7. The van der Waals surface area contributed by atoms with Gasteiger partial charge < -0.3 is 9.64 Å². The van der Waals surface area contributed by atoms with Crippen molar-refractivity contribution in [3.8, 4) is 0 Å². The summed E-state index contributed by atoms with van der Waals surface area (Å²) in [4.78, 5) is 26.1. The van der Waals surface area contributed by atoms with Crippen molar-refractivity contribution in [3.63, 3.8) is 0 Å². The fraction of sp³-hybridized carbons (Fsp3) is 0.471. The van der Waals surface area contributed by atoms with Gasteiger partial charge in [-0.25, -0.2) is 0 Å². The van der Waals surface area contributed by atoms with Gasteiger partial charge in [0.15, 0.2) is 0 Å². The summed E-state index contributed by atoms with van der Waals surface area (Å²) >= 11 is 1.40. The smallest absolute Gasteiger partial charge is 0.270 e. The largest absolute Gasteiger partial charge is 0.374 e. The number of nitrogens with zero attached hydrogens (tertiary/aromatic N) is 2. The highest BCUT2D eigenvalue weighted by Gasteiger charge is 2.37. The van der Waals surface area contributed by atoms with Crippen LogP contribution in [0.3, 0.4) is 0 Å². The van der Waals surface area contributed by atoms with Gasteiger partial charge in [0.05, 0.1) is 28.6 Å². The number of rotatable bonds is 2. The van der Waals surface area contributed by atoms with Crippen LogP contribution in [-0.2, 0) is 4.74 Å². The van der Waals surface area contributed by atoms with Gasteiger partial charge in [-0.2, -0.15) is 0 Å². The van der Waals surface area contributed by atoms with Crippen molar-refractivity contribution in [2.75, 3.05) is 13.2 Å². The van der Waals surface area contributed by atoms with E-state index in [2.05, 4.69) is 0 Å². The first kappa shape index (κ1) is 15.5. The van der Waals surface area contributed by atoms with Crippen LogP contribution < -0.4 is 0 Å². The highest BCUT2D eigenvalue weighted by atomic mass is 32.1. The number of hydrogen-bond acceptors (Lipinski definition) is 5. The number of ether oxygens (including phenoxy) is 1. The maximum atomic E-state index is 13.0. The second-order valence-corrected chi connectivity index (χ2v) is 7.43. The number of fused-ring (bicyclic) bond motifs is 2. The molecule has 1 aliphatic heterocycles. The lowest BCUT2D eigenvalue weighted by Gasteiger charge is -2.43. The van der Waals surface area contributed by atoms with E-state index in [1.165, 1.54) is 23.5 Å². The summed E-state index contributed by atoms with van der Waals surface area (Å²) in [6, 6.07) is 6.68. The Morgan fingerprint density at radius 2 is 2.12 bits per heavy atom. The zero-order valence-corrected chi connectivity index (χ0v) is 14.0. The van der Waals surface area contributed by atoms with Gasteiger partial charge in [0.2, 0.25) is 0 Å². The molecule has 0 N–H and O–H groups in total. The minimum absolute atomic E-state index is 0.0269. The van der Waals surface area contributed by atoms with E-state index in [0.29, 0.717) is 18.0 Å². The minimum Gasteiger partial charge on any atom is -0.374 e. The first-order valence-electron chi connectivity index (χ1n) is 8.24. The molecule has 4 rings (SSSR count). The third-order valence-corrected chi connectivity index (χ3v) is 6.02. The third kappa shape index (κ3) is 2.67. The highest BCUT2D eigenvalue weighted by Crippen LogP contribution is 2.33. The van der Waals surface area contributed by atoms with Gasteiger partial charge in [0.25, 0.3) is 11.6 Å². The van der Waals surface area contributed by atoms with Crippen LogP contribution in [0.15, 0.2) is 24.3 Å². The lowest BCUT2D eigenvalue weighted by atomic mass is 9.90. The number of non-ortho nitro benzene ring substituents is 1. The molecule has 0 unspecified atom stereocenters. The summed E-state index contributed by atoms with van der Waals surface area (Å²) in [7, 11) is 0. The van der Waals surface area contributed by atoms with Gasteiger partial charge in [0.1, 0.15) is 0 Å². The molecule has 1 aliphatic carbocycles. The van der Waals surface area contributed by atoms with Gasteiger partial charge in [-0.3, -0.25) is 14.9 Å². The van der Waals surface area contributed by atoms with E-state index in [0.717, 1.165) is 35.8 Å². The van der Waals surface area contributed by atoms with Crippen molar-refractivity contribution in [2.24, 2.45) is 0 Å². The molecule has 2 aliphatic rings. The van der Waals surface area contributed by atoms with Gasteiger partial charge in [-0.05, 0) is 25.0 Å². The Kier molecular flexibility index (Phi) is 3.97. The fourth-order valence-electron chi connectivity index (χ4n) is 3.74. The monoisotopic (exact) mass is 346 g/mol. The van der Waals surface area contributed by atoms with Crippen LogP contribution in [0.1, 0.15) is 35.4 Å². The van der Waals surface area contributed by atoms with Gasteiger partial charge >= 0.3 is 0 Å². The quantitative estimate of drug-likeness (QED) is 0.615. The molecule has 1 aromatic heterocycles. The molecular formula is C17H18N2O4S. The zero-order chi connectivity index (χ0) is 16.7. The maximum absolute atomic E-state index is 13.0. The molecule has 2 aromatic rings. The molecule has 2 atom stereocenters. The molecule has 2 heterocycles. The van der Waals surface area contributed by atoms with Gasteiger partial charge in [-0.15, -0.1) is 11.3 Å². The highest BCUT2D eigenvalue weighted by molar-refractivity contribution is 7.20. The molecule has 1 saturated carbocycles. The molecule has 1 aromatic carbocycles. The number of nitro groups is 1. The van der Waals surface area contributed by atoms with E-state index in [1.54, 1.807) is 12.1 Å². The van der Waals surface area contributed by atoms with Crippen LogP contribution in [0.4, 0.5) is 5.69 Å². The van der Waals surface area contributed by atoms with Crippen molar-refractivity contribution in [3.05, 3.63) is 39.3 Å². The summed E-state index contributed by atoms with van der Waals surface area (Å²) < 4.78 is 6.73. The predicted octanol–water partition coefficient (Wildman–Crippen LogP) is 3.59. The van der Waals surface area contributed by atoms with Crippen molar-refractivity contribution in [2.45, 2.75) is 37.8 Å². The molecular weight excluding hydrogens is 328 g/mol. The average Bonchev–Trinajstić information content (AvgIpc) is 3.03. The Hall–Kier alpha value is -1.99. The first-order chi connectivity index (χ1) is 11.6. The second kappa shape index (κ2) is 6.14. The van der Waals surface area contributed by atoms with Crippen LogP contribution in [-0.4, -0.2) is 41.0 Å². The summed E-state index contributed by atoms with van der Waals surface area (Å²) in [6.07, 6.45) is 4.47. The SMILES string of the molecule is O=C(c1cc2cc([N+](=O)[O-])ccc2s1)N1CCO[C@@H]2CCCC[C@@H]21. The molecule has 126 valence electrons. The lowest BCUT2D eigenvalue weighted by molar-refractivity contribution is -0.384. The molecule has 0 spiro atoms. The summed E-state index contributed by atoms with van der Waals surface area (Å²) in [6.45, 7) is 1.21. The summed E-state index contributed by atoms with van der Waals surface area (Å²) in [5.74, 6) is 0.0269. The lowest BCUT2D eigenvalue weighted by Crippen LogP contribution is -2.54. The summed E-state index contributed by atoms with van der Waals surface area (Å²) in [5.41, 5.74) is 0.0537. The average molecular weight is 346 g/mol. The minimum atomic E-state index is -0.410. The molecule has 1 saturated heterocycles. The van der Waals surface area contributed by atoms with E-state index in [4.69, 9.17) is 4.74 Å². The topological polar surface area (TPSA) is 72.7 Å². The number of benzene rings is 1. The normalized spacial score (nSPS) is 23.9. The van der Waals surface area contributed by atoms with Crippen molar-refractivity contribution < 1.29 is 14.5 Å². The number of carbonyl (C=O) groups excluding carboxylic acids is 1. The predicted molar refractivity (Wildman–Crippen MR) is 91.5 cm³/mol. The first-order valence-corrected chi connectivity index (χ1v) is 9.06. The fourth-order valence-corrected chi connectivity index (χ4v) is 4.74. The molecule has 6 nitrogen and oxygen atoms in total. The molecule has 0 bridgehead atoms. The standard InChI is InChI=1S/C17H18N2O4S/c20-17(18-7-8-23-14-4-2-1-3-13(14)18)16-10-11-9-12(19(21)22)5-6-15(11)24-16/h5-6,9-10,13-14H,1-4,7-8H2/t13-,14+/m0/s1. The van der Waals surface area contributed by atoms with Crippen LogP contribution in [0, 0.1) is 10.1 Å². The number of carbonyl (C=O) groups is 1. The number of morpholine rings is 1. The van der Waals surface area contributed by atoms with E-state index in [9.17, 15) is 14.9 Å². The zero-order valence-electron chi connectivity index (χ0n) is 13.1. The van der Waals surface area contributed by atoms with Gasteiger partial charge in [-0.1, -0.05) is 12.8 Å². The molecule has 0 radical (unpaired) electrons. The van der Waals surface area contributed by atoms with E-state index >= 15 is 0 Å². The third-order valence-electron chi connectivity index (χ3n) is 4.91. The van der Waals surface area contributed by atoms with E-state index in [-0.39, 0.29) is 23.7 Å². The van der Waals surface area contributed by atoms with Crippen LogP contribution in [0.2, 0.25) is 0 Å². The number of amides is 1. The maximum Gasteiger partial charge on any atom is 0.270 e. The van der Waals surface area contributed by atoms with E-state index in [1.807, 2.05) is 4.90 Å². The van der Waals surface area contributed by atoms with Crippen molar-refractivity contribution in [1.82, 2.24) is 4.90 Å². The van der Waals surface area contributed by atoms with Crippen molar-refractivity contribution in [1.29, 1.82) is 0 Å². The van der Waals surface area contributed by atoms with Crippen LogP contribution >= 0.6 is 11.3 Å². The number of nitro benzene ring substituents is 1. The number of hydrogen-bond donors (Lipinski definition) is 0. The Morgan fingerprint density at radius 1 is 1.29 bits per heavy atom. The second-order valence-electron chi connectivity index (χ2n) is 6.35. The Bertz CT molecular complexity index is 801. The van der Waals surface area contributed by atoms with E-state index < -0.39 is 4.92 Å².